The van der Waals surface area contributed by atoms with Gasteiger partial charge in [-0.2, -0.15) is 5.10 Å². The molecule has 3 nitrogen and oxygen atoms in total. The lowest BCUT2D eigenvalue weighted by atomic mass is 9.80. The maximum atomic E-state index is 4.27. The van der Waals surface area contributed by atoms with Crippen molar-refractivity contribution in [3.8, 4) is 0 Å². The number of nitrogens with one attached hydrogen (secondary N) is 1. The Morgan fingerprint density at radius 3 is 2.82 bits per heavy atom. The van der Waals surface area contributed by atoms with Crippen molar-refractivity contribution in [2.75, 3.05) is 6.54 Å². The lowest BCUT2D eigenvalue weighted by Crippen LogP contribution is -2.29. The van der Waals surface area contributed by atoms with Gasteiger partial charge in [-0.15, -0.1) is 0 Å². The van der Waals surface area contributed by atoms with Gasteiger partial charge in [0.15, 0.2) is 0 Å². The van der Waals surface area contributed by atoms with E-state index >= 15 is 0 Å². The molecule has 0 aliphatic heterocycles. The number of hydrogen-bond acceptors (Lipinski definition) is 2. The average molecular weight is 235 g/mol. The summed E-state index contributed by atoms with van der Waals surface area (Å²) in [6.07, 6.45) is 7.65. The van der Waals surface area contributed by atoms with Gasteiger partial charge < -0.3 is 5.32 Å². The van der Waals surface area contributed by atoms with Gasteiger partial charge in [-0.25, -0.2) is 0 Å². The zero-order valence-electron chi connectivity index (χ0n) is 11.4. The predicted octanol–water partition coefficient (Wildman–Crippen LogP) is 2.64. The van der Waals surface area contributed by atoms with Crippen LogP contribution in [0.25, 0.3) is 0 Å². The van der Waals surface area contributed by atoms with Crippen molar-refractivity contribution in [2.24, 2.45) is 18.9 Å². The van der Waals surface area contributed by atoms with E-state index in [0.29, 0.717) is 0 Å². The molecule has 1 aliphatic carbocycles. The average Bonchev–Trinajstić information content (AvgIpc) is 2.63. The van der Waals surface area contributed by atoms with Gasteiger partial charge in [0.1, 0.15) is 0 Å². The van der Waals surface area contributed by atoms with E-state index in [1.165, 1.54) is 36.9 Å². The quantitative estimate of drug-likeness (QED) is 0.869. The molecule has 0 aromatic carbocycles. The summed E-state index contributed by atoms with van der Waals surface area (Å²) >= 11 is 0. The van der Waals surface area contributed by atoms with Crippen LogP contribution in [0.3, 0.4) is 0 Å². The number of hydrogen-bond donors (Lipinski definition) is 1. The standard InChI is InChI=1S/C14H25N3/c1-11-6-4-5-7-13(11)8-15-9-14-10-16-17(3)12(14)2/h10-11,13,15H,4-9H2,1-3H3. The van der Waals surface area contributed by atoms with Crippen molar-refractivity contribution >= 4 is 0 Å². The van der Waals surface area contributed by atoms with Crippen LogP contribution in [0.4, 0.5) is 0 Å². The van der Waals surface area contributed by atoms with E-state index in [4.69, 9.17) is 0 Å². The highest BCUT2D eigenvalue weighted by atomic mass is 15.3. The minimum absolute atomic E-state index is 0.876. The van der Waals surface area contributed by atoms with Crippen LogP contribution in [-0.2, 0) is 13.6 Å². The first-order valence-corrected chi connectivity index (χ1v) is 6.86. The van der Waals surface area contributed by atoms with Crippen molar-refractivity contribution in [2.45, 2.75) is 46.1 Å². The minimum atomic E-state index is 0.876. The molecule has 1 saturated carbocycles. The molecule has 1 heterocycles. The van der Waals surface area contributed by atoms with Gasteiger partial charge in [-0.1, -0.05) is 26.2 Å². The molecule has 3 heteroatoms. The Balaban J connectivity index is 1.77. The van der Waals surface area contributed by atoms with Crippen molar-refractivity contribution in [1.29, 1.82) is 0 Å². The third-order valence-electron chi connectivity index (χ3n) is 4.35. The largest absolute Gasteiger partial charge is 0.312 e. The van der Waals surface area contributed by atoms with Gasteiger partial charge in [0.2, 0.25) is 0 Å². The zero-order valence-corrected chi connectivity index (χ0v) is 11.4. The van der Waals surface area contributed by atoms with E-state index in [2.05, 4.69) is 24.3 Å². The molecule has 0 bridgehead atoms. The fraction of sp³-hybridized carbons (Fsp3) is 0.786. The highest BCUT2D eigenvalue weighted by Gasteiger charge is 2.20. The Bertz CT molecular complexity index is 356. The third-order valence-corrected chi connectivity index (χ3v) is 4.35. The second-order valence-corrected chi connectivity index (χ2v) is 5.53. The molecule has 2 atom stereocenters. The molecule has 0 radical (unpaired) electrons. The molecule has 0 spiro atoms. The lowest BCUT2D eigenvalue weighted by Gasteiger charge is -2.28. The minimum Gasteiger partial charge on any atom is -0.312 e. The van der Waals surface area contributed by atoms with E-state index in [0.717, 1.165) is 24.9 Å². The fourth-order valence-corrected chi connectivity index (χ4v) is 2.81. The third kappa shape index (κ3) is 3.09. The van der Waals surface area contributed by atoms with Crippen LogP contribution < -0.4 is 5.32 Å². The Hall–Kier alpha value is -0.830. The van der Waals surface area contributed by atoms with Crippen molar-refractivity contribution in [1.82, 2.24) is 15.1 Å². The lowest BCUT2D eigenvalue weighted by molar-refractivity contribution is 0.247. The van der Waals surface area contributed by atoms with Gasteiger partial charge >= 0.3 is 0 Å². The topological polar surface area (TPSA) is 29.9 Å². The molecule has 1 aromatic rings. The number of nitrogens with zero attached hydrogens (tertiary/aromatic N) is 2. The SMILES string of the molecule is Cc1c(CNCC2CCCCC2C)cnn1C. The summed E-state index contributed by atoms with van der Waals surface area (Å²) in [5.74, 6) is 1.77. The first-order chi connectivity index (χ1) is 8.18. The van der Waals surface area contributed by atoms with Gasteiger partial charge in [-0.05, 0) is 31.7 Å². The van der Waals surface area contributed by atoms with Gasteiger partial charge in [0, 0.05) is 24.8 Å². The Morgan fingerprint density at radius 2 is 2.18 bits per heavy atom. The fourth-order valence-electron chi connectivity index (χ4n) is 2.81. The van der Waals surface area contributed by atoms with Gasteiger partial charge in [0.25, 0.3) is 0 Å². The molecule has 17 heavy (non-hydrogen) atoms. The van der Waals surface area contributed by atoms with Crippen LogP contribution in [0.5, 0.6) is 0 Å². The molecule has 0 amide bonds. The van der Waals surface area contributed by atoms with Crippen LogP contribution >= 0.6 is 0 Å². The van der Waals surface area contributed by atoms with Crippen molar-refractivity contribution in [3.05, 3.63) is 17.5 Å². The smallest absolute Gasteiger partial charge is 0.0537 e. The van der Waals surface area contributed by atoms with Gasteiger partial charge in [0.05, 0.1) is 6.20 Å². The summed E-state index contributed by atoms with van der Waals surface area (Å²) < 4.78 is 1.94. The molecule has 96 valence electrons. The molecular formula is C14H25N3. The maximum Gasteiger partial charge on any atom is 0.0537 e. The summed E-state index contributed by atoms with van der Waals surface area (Å²) in [5, 5.41) is 7.88. The van der Waals surface area contributed by atoms with E-state index in [-0.39, 0.29) is 0 Å². The summed E-state index contributed by atoms with van der Waals surface area (Å²) in [6, 6.07) is 0. The molecule has 1 N–H and O–H groups in total. The van der Waals surface area contributed by atoms with Crippen LogP contribution in [0.2, 0.25) is 0 Å². The molecule has 0 saturated heterocycles. The van der Waals surface area contributed by atoms with E-state index < -0.39 is 0 Å². The first kappa shape index (κ1) is 12.6. The molecule has 2 unspecified atom stereocenters. The van der Waals surface area contributed by atoms with Crippen molar-refractivity contribution < 1.29 is 0 Å². The summed E-state index contributed by atoms with van der Waals surface area (Å²) in [6.45, 7) is 6.66. The Kier molecular flexibility index (Phi) is 4.21. The number of aryl methyl sites for hydroxylation is 1. The second kappa shape index (κ2) is 5.67. The zero-order chi connectivity index (χ0) is 12.3. The van der Waals surface area contributed by atoms with E-state index in [1.54, 1.807) is 0 Å². The Labute approximate surface area is 105 Å². The second-order valence-electron chi connectivity index (χ2n) is 5.53. The Morgan fingerprint density at radius 1 is 1.41 bits per heavy atom. The predicted molar refractivity (Wildman–Crippen MR) is 70.8 cm³/mol. The highest BCUT2D eigenvalue weighted by Crippen LogP contribution is 2.28. The molecule has 1 aliphatic rings. The summed E-state index contributed by atoms with van der Waals surface area (Å²) in [4.78, 5) is 0. The summed E-state index contributed by atoms with van der Waals surface area (Å²) in [5.41, 5.74) is 2.60. The normalized spacial score (nSPS) is 25.1. The maximum absolute atomic E-state index is 4.27. The monoisotopic (exact) mass is 235 g/mol. The van der Waals surface area contributed by atoms with E-state index in [1.807, 2.05) is 17.9 Å². The molecule has 2 rings (SSSR count). The van der Waals surface area contributed by atoms with Crippen LogP contribution in [0.15, 0.2) is 6.20 Å². The molecule has 1 fully saturated rings. The van der Waals surface area contributed by atoms with Crippen LogP contribution in [0.1, 0.15) is 43.9 Å². The number of aromatic nitrogens is 2. The van der Waals surface area contributed by atoms with E-state index in [9.17, 15) is 0 Å². The van der Waals surface area contributed by atoms with Crippen molar-refractivity contribution in [3.63, 3.8) is 0 Å². The van der Waals surface area contributed by atoms with Crippen LogP contribution in [-0.4, -0.2) is 16.3 Å². The summed E-state index contributed by atoms with van der Waals surface area (Å²) in [7, 11) is 2.00. The molecule has 1 aromatic heterocycles. The van der Waals surface area contributed by atoms with Gasteiger partial charge in [-0.3, -0.25) is 4.68 Å². The molecular weight excluding hydrogens is 210 g/mol. The first-order valence-electron chi connectivity index (χ1n) is 6.86. The number of rotatable bonds is 4. The van der Waals surface area contributed by atoms with Crippen LogP contribution in [0, 0.1) is 18.8 Å². The highest BCUT2D eigenvalue weighted by molar-refractivity contribution is 5.15.